The molecule has 5 heteroatoms. The molecule has 0 aromatic heterocycles. The third-order valence-corrected chi connectivity index (χ3v) is 3.48. The summed E-state index contributed by atoms with van der Waals surface area (Å²) >= 11 is 0. The third-order valence-electron chi connectivity index (χ3n) is 3.48. The van der Waals surface area contributed by atoms with Crippen LogP contribution >= 0.6 is 12.4 Å². The first kappa shape index (κ1) is 15.7. The molecule has 0 radical (unpaired) electrons. The molecule has 1 saturated carbocycles. The molecular formula is C11H23ClN2O2. The molecule has 1 aliphatic rings. The normalized spacial score (nSPS) is 19.2. The highest BCUT2D eigenvalue weighted by atomic mass is 35.5. The van der Waals surface area contributed by atoms with E-state index in [0.717, 1.165) is 13.0 Å². The fourth-order valence-corrected chi connectivity index (χ4v) is 1.99. The van der Waals surface area contributed by atoms with Crippen molar-refractivity contribution in [2.24, 2.45) is 11.1 Å². The summed E-state index contributed by atoms with van der Waals surface area (Å²) in [6.07, 6.45) is 4.87. The maximum absolute atomic E-state index is 11.5. The fourth-order valence-electron chi connectivity index (χ4n) is 1.99. The maximum atomic E-state index is 11.5. The van der Waals surface area contributed by atoms with Crippen molar-refractivity contribution >= 4 is 18.3 Å². The van der Waals surface area contributed by atoms with E-state index < -0.39 is 6.04 Å². The molecule has 0 aromatic carbocycles. The number of amides is 1. The fraction of sp³-hybridized carbons (Fsp3) is 0.909. The standard InChI is InChI=1S/C11H22N2O2.ClH/c1-3-11(5-4-6-11)8-13-10(14)9(12)7-15-2;/h9H,3-8,12H2,1-2H3,(H,13,14);1H. The van der Waals surface area contributed by atoms with Crippen LogP contribution in [0.25, 0.3) is 0 Å². The number of hydrogen-bond acceptors (Lipinski definition) is 3. The van der Waals surface area contributed by atoms with Crippen molar-refractivity contribution < 1.29 is 9.53 Å². The van der Waals surface area contributed by atoms with Crippen LogP contribution in [0, 0.1) is 5.41 Å². The Kier molecular flexibility index (Phi) is 6.95. The van der Waals surface area contributed by atoms with Gasteiger partial charge in [-0.2, -0.15) is 0 Å². The highest BCUT2D eigenvalue weighted by molar-refractivity contribution is 5.85. The zero-order valence-electron chi connectivity index (χ0n) is 10.1. The summed E-state index contributed by atoms with van der Waals surface area (Å²) in [5, 5.41) is 2.92. The van der Waals surface area contributed by atoms with Crippen molar-refractivity contribution in [3.63, 3.8) is 0 Å². The Morgan fingerprint density at radius 2 is 2.19 bits per heavy atom. The third kappa shape index (κ3) is 3.92. The highest BCUT2D eigenvalue weighted by Gasteiger charge is 2.35. The smallest absolute Gasteiger partial charge is 0.239 e. The summed E-state index contributed by atoms with van der Waals surface area (Å²) in [5.41, 5.74) is 5.97. The van der Waals surface area contributed by atoms with Crippen molar-refractivity contribution in [2.45, 2.75) is 38.6 Å². The van der Waals surface area contributed by atoms with Crippen molar-refractivity contribution in [2.75, 3.05) is 20.3 Å². The van der Waals surface area contributed by atoms with Crippen LogP contribution in [0.1, 0.15) is 32.6 Å². The van der Waals surface area contributed by atoms with Gasteiger partial charge in [-0.3, -0.25) is 4.79 Å². The van der Waals surface area contributed by atoms with Crippen LogP contribution < -0.4 is 11.1 Å². The van der Waals surface area contributed by atoms with Crippen molar-refractivity contribution in [3.05, 3.63) is 0 Å². The summed E-state index contributed by atoms with van der Waals surface area (Å²) in [4.78, 5) is 11.5. The molecule has 0 heterocycles. The minimum atomic E-state index is -0.538. The first-order chi connectivity index (χ1) is 7.13. The van der Waals surface area contributed by atoms with E-state index in [4.69, 9.17) is 10.5 Å². The number of carbonyl (C=O) groups excluding carboxylic acids is 1. The Morgan fingerprint density at radius 1 is 1.56 bits per heavy atom. The van der Waals surface area contributed by atoms with Crippen LogP contribution in [0.15, 0.2) is 0 Å². The van der Waals surface area contributed by atoms with Gasteiger partial charge in [0.15, 0.2) is 0 Å². The number of carbonyl (C=O) groups is 1. The number of hydrogen-bond donors (Lipinski definition) is 2. The molecule has 96 valence electrons. The van der Waals surface area contributed by atoms with Crippen molar-refractivity contribution in [1.29, 1.82) is 0 Å². The zero-order valence-corrected chi connectivity index (χ0v) is 10.9. The van der Waals surface area contributed by atoms with Gasteiger partial charge in [-0.05, 0) is 24.7 Å². The monoisotopic (exact) mass is 250 g/mol. The van der Waals surface area contributed by atoms with Crippen LogP contribution in [-0.2, 0) is 9.53 Å². The second kappa shape index (κ2) is 7.09. The average Bonchev–Trinajstić information content (AvgIpc) is 2.17. The molecule has 0 saturated heterocycles. The molecular weight excluding hydrogens is 228 g/mol. The topological polar surface area (TPSA) is 64.4 Å². The summed E-state index contributed by atoms with van der Waals surface area (Å²) in [7, 11) is 1.55. The molecule has 1 atom stereocenters. The predicted octanol–water partition coefficient (Wildman–Crippen LogP) is 1.08. The van der Waals surface area contributed by atoms with Crippen LogP contribution in [0.3, 0.4) is 0 Å². The van der Waals surface area contributed by atoms with E-state index in [1.165, 1.54) is 19.3 Å². The molecule has 1 rings (SSSR count). The molecule has 3 N–H and O–H groups in total. The van der Waals surface area contributed by atoms with Gasteiger partial charge in [-0.1, -0.05) is 13.3 Å². The van der Waals surface area contributed by atoms with E-state index >= 15 is 0 Å². The number of halogens is 1. The molecule has 4 nitrogen and oxygen atoms in total. The highest BCUT2D eigenvalue weighted by Crippen LogP contribution is 2.42. The Labute approximate surface area is 104 Å². The van der Waals surface area contributed by atoms with E-state index in [2.05, 4.69) is 12.2 Å². The van der Waals surface area contributed by atoms with Gasteiger partial charge in [-0.15, -0.1) is 12.4 Å². The lowest BCUT2D eigenvalue weighted by Crippen LogP contribution is -2.48. The maximum Gasteiger partial charge on any atom is 0.239 e. The molecule has 1 fully saturated rings. The second-order valence-electron chi connectivity index (χ2n) is 4.49. The summed E-state index contributed by atoms with van der Waals surface area (Å²) in [5.74, 6) is -0.100. The van der Waals surface area contributed by atoms with Gasteiger partial charge in [0.1, 0.15) is 6.04 Å². The van der Waals surface area contributed by atoms with Crippen LogP contribution in [0.4, 0.5) is 0 Å². The number of nitrogens with two attached hydrogens (primary N) is 1. The molecule has 0 bridgehead atoms. The van der Waals surface area contributed by atoms with E-state index in [1.54, 1.807) is 7.11 Å². The Hall–Kier alpha value is -0.320. The number of ether oxygens (including phenoxy) is 1. The van der Waals surface area contributed by atoms with Crippen molar-refractivity contribution in [1.82, 2.24) is 5.32 Å². The van der Waals surface area contributed by atoms with Gasteiger partial charge in [0, 0.05) is 13.7 Å². The first-order valence-corrected chi connectivity index (χ1v) is 5.66. The predicted molar refractivity (Wildman–Crippen MR) is 66.7 cm³/mol. The molecule has 0 aromatic rings. The van der Waals surface area contributed by atoms with Crippen LogP contribution in [0.2, 0.25) is 0 Å². The van der Waals surface area contributed by atoms with Gasteiger partial charge in [0.05, 0.1) is 6.61 Å². The van der Waals surface area contributed by atoms with Gasteiger partial charge < -0.3 is 15.8 Å². The van der Waals surface area contributed by atoms with Gasteiger partial charge in [0.25, 0.3) is 0 Å². The van der Waals surface area contributed by atoms with E-state index in [0.29, 0.717) is 5.41 Å². The average molecular weight is 251 g/mol. The quantitative estimate of drug-likeness (QED) is 0.742. The number of rotatable bonds is 6. The second-order valence-corrected chi connectivity index (χ2v) is 4.49. The van der Waals surface area contributed by atoms with Gasteiger partial charge in [-0.25, -0.2) is 0 Å². The zero-order chi connectivity index (χ0) is 11.3. The minimum absolute atomic E-state index is 0. The lowest BCUT2D eigenvalue weighted by Gasteiger charge is -2.41. The van der Waals surface area contributed by atoms with Crippen molar-refractivity contribution in [3.8, 4) is 0 Å². The summed E-state index contributed by atoms with van der Waals surface area (Å²) in [6, 6.07) is -0.538. The van der Waals surface area contributed by atoms with Gasteiger partial charge >= 0.3 is 0 Å². The lowest BCUT2D eigenvalue weighted by atomic mass is 9.67. The Bertz CT molecular complexity index is 215. The van der Waals surface area contributed by atoms with E-state index in [-0.39, 0.29) is 24.9 Å². The number of nitrogens with one attached hydrogen (secondary N) is 1. The first-order valence-electron chi connectivity index (χ1n) is 5.66. The molecule has 0 aliphatic heterocycles. The molecule has 0 spiro atoms. The number of methoxy groups -OCH3 is 1. The van der Waals surface area contributed by atoms with Gasteiger partial charge in [0.2, 0.25) is 5.91 Å². The Balaban J connectivity index is 0.00000225. The van der Waals surface area contributed by atoms with Crippen LogP contribution in [0.5, 0.6) is 0 Å². The summed E-state index contributed by atoms with van der Waals surface area (Å²) < 4.78 is 4.84. The van der Waals surface area contributed by atoms with E-state index in [9.17, 15) is 4.79 Å². The largest absolute Gasteiger partial charge is 0.383 e. The molecule has 1 aliphatic carbocycles. The lowest BCUT2D eigenvalue weighted by molar-refractivity contribution is -0.124. The molecule has 1 amide bonds. The molecule has 1 unspecified atom stereocenters. The molecule has 16 heavy (non-hydrogen) atoms. The summed E-state index contributed by atoms with van der Waals surface area (Å²) in [6.45, 7) is 3.23. The minimum Gasteiger partial charge on any atom is -0.383 e. The Morgan fingerprint density at radius 3 is 2.56 bits per heavy atom. The van der Waals surface area contributed by atoms with E-state index in [1.807, 2.05) is 0 Å². The SMILES string of the molecule is CCC1(CNC(=O)C(N)COC)CCC1.Cl. The van der Waals surface area contributed by atoms with Crippen LogP contribution in [-0.4, -0.2) is 32.2 Å².